The Bertz CT molecular complexity index is 1890. The van der Waals surface area contributed by atoms with Crippen LogP contribution in [-0.4, -0.2) is 36.0 Å². The Hall–Kier alpha value is -4.75. The number of hydrogen-bond donors (Lipinski definition) is 2. The molecular formula is C32H30N4O5S. The summed E-state index contributed by atoms with van der Waals surface area (Å²) in [6.45, 7) is 1.99. The lowest BCUT2D eigenvalue weighted by molar-refractivity contribution is 0.0963. The third kappa shape index (κ3) is 5.08. The number of carbonyl (C=O) groups excluding carboxylic acids is 1. The normalized spacial score (nSPS) is 14.3. The first-order valence-corrected chi connectivity index (χ1v) is 15.2. The minimum Gasteiger partial charge on any atom is -0.493 e. The third-order valence-electron chi connectivity index (χ3n) is 7.66. The maximum Gasteiger partial charge on any atom is 0.296 e. The summed E-state index contributed by atoms with van der Waals surface area (Å²) < 4.78 is 29.2. The van der Waals surface area contributed by atoms with E-state index in [4.69, 9.17) is 0 Å². The van der Waals surface area contributed by atoms with Gasteiger partial charge in [0.1, 0.15) is 5.82 Å². The number of unbranched alkanes of at least 4 members (excludes halogenated alkanes) is 1. The summed E-state index contributed by atoms with van der Waals surface area (Å²) in [6.07, 6.45) is 3.11. The summed E-state index contributed by atoms with van der Waals surface area (Å²) in [6, 6.07) is 19.8. The zero-order chi connectivity index (χ0) is 30.0. The molecule has 1 aromatic heterocycles. The van der Waals surface area contributed by atoms with Crippen molar-refractivity contribution in [3.8, 4) is 23.1 Å². The number of benzene rings is 3. The lowest BCUT2D eigenvalue weighted by Crippen LogP contribution is -2.27. The molecule has 10 heteroatoms. The fourth-order valence-corrected chi connectivity index (χ4v) is 6.88. The van der Waals surface area contributed by atoms with Gasteiger partial charge in [-0.25, -0.2) is 8.42 Å². The van der Waals surface area contributed by atoms with E-state index < -0.39 is 32.2 Å². The molecule has 4 aromatic rings. The van der Waals surface area contributed by atoms with Crippen LogP contribution in [0.25, 0.3) is 11.1 Å². The Labute approximate surface area is 244 Å². The van der Waals surface area contributed by atoms with E-state index in [1.165, 1.54) is 23.7 Å². The number of aromatic hydroxyl groups is 1. The van der Waals surface area contributed by atoms with E-state index in [-0.39, 0.29) is 10.8 Å². The molecular weight excluding hydrogens is 552 g/mol. The Morgan fingerprint density at radius 1 is 1.14 bits per heavy atom. The van der Waals surface area contributed by atoms with Crippen molar-refractivity contribution < 1.29 is 18.3 Å². The van der Waals surface area contributed by atoms with Gasteiger partial charge in [-0.05, 0) is 71.8 Å². The molecule has 0 saturated heterocycles. The van der Waals surface area contributed by atoms with Gasteiger partial charge in [0, 0.05) is 19.0 Å². The van der Waals surface area contributed by atoms with Crippen LogP contribution in [0.15, 0.2) is 81.3 Å². The number of nitriles is 1. The zero-order valence-electron chi connectivity index (χ0n) is 23.3. The van der Waals surface area contributed by atoms with Crippen LogP contribution < -0.4 is 10.9 Å². The first kappa shape index (κ1) is 28.8. The number of hydrogen-bond acceptors (Lipinski definition) is 7. The van der Waals surface area contributed by atoms with Crippen LogP contribution in [0.5, 0.6) is 5.88 Å². The molecule has 0 bridgehead atoms. The smallest absolute Gasteiger partial charge is 0.296 e. The van der Waals surface area contributed by atoms with E-state index in [9.17, 15) is 28.4 Å². The quantitative estimate of drug-likeness (QED) is 0.310. The molecule has 1 aliphatic carbocycles. The molecule has 5 rings (SSSR count). The van der Waals surface area contributed by atoms with Gasteiger partial charge in [0.25, 0.3) is 11.5 Å². The fourth-order valence-electron chi connectivity index (χ4n) is 5.54. The number of nitrogens with zero attached hydrogens (tertiary/aromatic N) is 3. The van der Waals surface area contributed by atoms with Crippen molar-refractivity contribution in [2.45, 2.75) is 54.9 Å². The molecule has 2 N–H and O–H groups in total. The molecule has 0 fully saturated rings. The van der Waals surface area contributed by atoms with Gasteiger partial charge in [-0.2, -0.15) is 10.2 Å². The molecule has 9 nitrogen and oxygen atoms in total. The summed E-state index contributed by atoms with van der Waals surface area (Å²) in [4.78, 5) is 28.8. The molecule has 0 saturated carbocycles. The third-order valence-corrected chi connectivity index (χ3v) is 9.45. The second-order valence-corrected chi connectivity index (χ2v) is 12.1. The average molecular weight is 583 g/mol. The van der Waals surface area contributed by atoms with Crippen molar-refractivity contribution in [2.75, 3.05) is 7.05 Å². The Balaban J connectivity index is 1.62. The fraction of sp³-hybridized carbons (Fsp3) is 0.250. The molecule has 1 heterocycles. The van der Waals surface area contributed by atoms with Crippen LogP contribution in [-0.2, 0) is 22.7 Å². The van der Waals surface area contributed by atoms with Gasteiger partial charge in [-0.3, -0.25) is 14.2 Å². The summed E-state index contributed by atoms with van der Waals surface area (Å²) >= 11 is 0. The van der Waals surface area contributed by atoms with Crippen molar-refractivity contribution in [3.63, 3.8) is 0 Å². The van der Waals surface area contributed by atoms with Gasteiger partial charge in [0.2, 0.25) is 15.7 Å². The topological polar surface area (TPSA) is 142 Å². The molecule has 42 heavy (non-hydrogen) atoms. The maximum absolute atomic E-state index is 13.9. The van der Waals surface area contributed by atoms with Gasteiger partial charge in [0.05, 0.1) is 22.6 Å². The van der Waals surface area contributed by atoms with E-state index in [0.717, 1.165) is 17.5 Å². The lowest BCUT2D eigenvalue weighted by atomic mass is 9.99. The Morgan fingerprint density at radius 2 is 1.88 bits per heavy atom. The summed E-state index contributed by atoms with van der Waals surface area (Å²) in [7, 11) is -2.96. The minimum absolute atomic E-state index is 0.190. The second-order valence-electron chi connectivity index (χ2n) is 10.2. The van der Waals surface area contributed by atoms with Crippen molar-refractivity contribution in [1.29, 1.82) is 5.26 Å². The van der Waals surface area contributed by atoms with Crippen molar-refractivity contribution in [2.24, 2.45) is 0 Å². The molecule has 0 aliphatic heterocycles. The molecule has 0 spiro atoms. The number of nitrogens with one attached hydrogen (secondary N) is 1. The first-order valence-electron chi connectivity index (χ1n) is 13.7. The molecule has 0 radical (unpaired) electrons. The molecule has 1 unspecified atom stereocenters. The molecule has 1 amide bonds. The zero-order valence-corrected chi connectivity index (χ0v) is 24.1. The van der Waals surface area contributed by atoms with E-state index in [2.05, 4.69) is 16.4 Å². The average Bonchev–Trinajstić information content (AvgIpc) is 3.42. The maximum atomic E-state index is 13.9. The Kier molecular flexibility index (Phi) is 7.96. The van der Waals surface area contributed by atoms with E-state index in [1.54, 1.807) is 48.5 Å². The van der Waals surface area contributed by atoms with Crippen LogP contribution in [0, 0.1) is 11.3 Å². The van der Waals surface area contributed by atoms with Crippen LogP contribution in [0.1, 0.15) is 65.1 Å². The van der Waals surface area contributed by atoms with Crippen molar-refractivity contribution in [1.82, 2.24) is 14.9 Å². The van der Waals surface area contributed by atoms with Crippen LogP contribution in [0.2, 0.25) is 0 Å². The lowest BCUT2D eigenvalue weighted by Gasteiger charge is -2.23. The van der Waals surface area contributed by atoms with Crippen molar-refractivity contribution in [3.05, 3.63) is 105 Å². The monoisotopic (exact) mass is 582 g/mol. The number of aromatic nitrogens is 2. The molecule has 3 aromatic carbocycles. The number of amides is 1. The van der Waals surface area contributed by atoms with Gasteiger partial charge in [0.15, 0.2) is 4.90 Å². The SMILES string of the molecule is CCCCc1nc(=O)c(S(=O)(=O)c2ccc(-c3ccccc3C(=O)NC)cc2)c(O)n1C1CCc2ccc(C#N)cc21. The molecule has 1 atom stereocenters. The number of aryl methyl sites for hydroxylation is 2. The minimum atomic E-state index is -4.49. The second kappa shape index (κ2) is 11.6. The van der Waals surface area contributed by atoms with Crippen LogP contribution in [0.3, 0.4) is 0 Å². The molecule has 1 aliphatic rings. The highest BCUT2D eigenvalue weighted by Crippen LogP contribution is 2.40. The highest BCUT2D eigenvalue weighted by Gasteiger charge is 2.34. The highest BCUT2D eigenvalue weighted by molar-refractivity contribution is 7.91. The summed E-state index contributed by atoms with van der Waals surface area (Å²) in [5.74, 6) is -0.632. The molecule has 214 valence electrons. The largest absolute Gasteiger partial charge is 0.493 e. The number of carbonyl (C=O) groups is 1. The van der Waals surface area contributed by atoms with Gasteiger partial charge in [-0.15, -0.1) is 0 Å². The first-order chi connectivity index (χ1) is 20.2. The van der Waals surface area contributed by atoms with Gasteiger partial charge in [-0.1, -0.05) is 49.7 Å². The van der Waals surface area contributed by atoms with Crippen LogP contribution >= 0.6 is 0 Å². The Morgan fingerprint density at radius 3 is 2.57 bits per heavy atom. The van der Waals surface area contributed by atoms with Crippen LogP contribution in [0.4, 0.5) is 0 Å². The van der Waals surface area contributed by atoms with E-state index >= 15 is 0 Å². The standard InChI is InChI=1S/C32H30N4O5S/c1-3-4-9-28-35-31(38)29(32(39)36(28)27-17-14-22-11-10-20(19-33)18-26(22)27)42(40,41)23-15-12-21(13-16-23)24-7-5-6-8-25(24)30(37)34-2/h5-8,10-13,15-16,18,27,39H,3-4,9,14,17H2,1-2H3,(H,34,37). The van der Waals surface area contributed by atoms with E-state index in [0.29, 0.717) is 53.8 Å². The van der Waals surface area contributed by atoms with Crippen molar-refractivity contribution >= 4 is 15.7 Å². The predicted octanol–water partition coefficient (Wildman–Crippen LogP) is 4.56. The van der Waals surface area contributed by atoms with Gasteiger partial charge >= 0.3 is 0 Å². The highest BCUT2D eigenvalue weighted by atomic mass is 32.2. The summed E-state index contributed by atoms with van der Waals surface area (Å²) in [5, 5.41) is 23.6. The van der Waals surface area contributed by atoms with E-state index in [1.807, 2.05) is 13.0 Å². The number of fused-ring (bicyclic) bond motifs is 1. The predicted molar refractivity (Wildman–Crippen MR) is 157 cm³/mol. The number of rotatable bonds is 8. The summed E-state index contributed by atoms with van der Waals surface area (Å²) in [5.41, 5.74) is 2.89. The number of sulfone groups is 1. The van der Waals surface area contributed by atoms with Gasteiger partial charge < -0.3 is 10.4 Å².